The normalized spacial score (nSPS) is 11.4. The predicted molar refractivity (Wildman–Crippen MR) is 98.2 cm³/mol. The van der Waals surface area contributed by atoms with Gasteiger partial charge in [-0.3, -0.25) is 4.79 Å². The molecule has 0 heterocycles. The largest absolute Gasteiger partial charge is 0.289 e. The lowest BCUT2D eigenvalue weighted by Crippen LogP contribution is -1.97. The smallest absolute Gasteiger partial charge is 0.207 e. The molecule has 0 unspecified atom stereocenters. The molecule has 24 heavy (non-hydrogen) atoms. The molecule has 0 aliphatic heterocycles. The molecule has 0 aliphatic rings. The fourth-order valence-electron chi connectivity index (χ4n) is 1.76. The summed E-state index contributed by atoms with van der Waals surface area (Å²) in [6.07, 6.45) is 3.03. The first-order valence-electron chi connectivity index (χ1n) is 6.96. The van der Waals surface area contributed by atoms with Crippen LogP contribution in [0.5, 0.6) is 0 Å². The summed E-state index contributed by atoms with van der Waals surface area (Å²) in [5, 5.41) is 10.3. The van der Waals surface area contributed by atoms with E-state index in [-0.39, 0.29) is 5.56 Å². The van der Waals surface area contributed by atoms with E-state index < -0.39 is 11.6 Å². The number of carbonyl (C=O) groups is 1. The third kappa shape index (κ3) is 5.69. The van der Waals surface area contributed by atoms with E-state index in [1.807, 2.05) is 30.3 Å². The van der Waals surface area contributed by atoms with Gasteiger partial charge in [0.2, 0.25) is 6.19 Å². The van der Waals surface area contributed by atoms with Crippen LogP contribution >= 0.6 is 23.5 Å². The SMILES string of the molecule is N#CN=C(SC=CC(=O)c1ccccc1F)SCc1ccccc1. The molecule has 120 valence electrons. The van der Waals surface area contributed by atoms with Crippen LogP contribution in [-0.4, -0.2) is 10.2 Å². The number of aliphatic imine (C=N–C) groups is 1. The van der Waals surface area contributed by atoms with Gasteiger partial charge in [0.1, 0.15) is 10.2 Å². The first-order chi connectivity index (χ1) is 11.7. The lowest BCUT2D eigenvalue weighted by molar-refractivity contribution is 0.104. The zero-order valence-electron chi connectivity index (χ0n) is 12.6. The molecule has 0 fully saturated rings. The monoisotopic (exact) mass is 356 g/mol. The van der Waals surface area contributed by atoms with Crippen molar-refractivity contribution in [3.05, 3.63) is 83.0 Å². The summed E-state index contributed by atoms with van der Waals surface area (Å²) < 4.78 is 14.0. The zero-order valence-corrected chi connectivity index (χ0v) is 14.2. The zero-order chi connectivity index (χ0) is 17.2. The van der Waals surface area contributed by atoms with Crippen LogP contribution < -0.4 is 0 Å². The first kappa shape index (κ1) is 18.0. The van der Waals surface area contributed by atoms with E-state index >= 15 is 0 Å². The minimum absolute atomic E-state index is 0.0186. The van der Waals surface area contributed by atoms with Crippen LogP contribution in [0.15, 0.2) is 71.1 Å². The van der Waals surface area contributed by atoms with Gasteiger partial charge in [-0.2, -0.15) is 10.3 Å². The van der Waals surface area contributed by atoms with Crippen molar-refractivity contribution in [2.45, 2.75) is 5.75 Å². The highest BCUT2D eigenvalue weighted by Gasteiger charge is 2.07. The highest BCUT2D eigenvalue weighted by Crippen LogP contribution is 2.22. The summed E-state index contributed by atoms with van der Waals surface area (Å²) in [5.41, 5.74) is 1.13. The Morgan fingerprint density at radius 2 is 1.88 bits per heavy atom. The third-order valence-electron chi connectivity index (χ3n) is 2.87. The molecule has 3 nitrogen and oxygen atoms in total. The average Bonchev–Trinajstić information content (AvgIpc) is 2.61. The summed E-state index contributed by atoms with van der Waals surface area (Å²) in [5.74, 6) is -0.310. The second-order valence-corrected chi connectivity index (χ2v) is 6.63. The fourth-order valence-corrected chi connectivity index (χ4v) is 3.36. The molecule has 2 aromatic rings. The van der Waals surface area contributed by atoms with Crippen molar-refractivity contribution in [2.75, 3.05) is 0 Å². The van der Waals surface area contributed by atoms with Gasteiger partial charge in [0, 0.05) is 5.75 Å². The van der Waals surface area contributed by atoms with Gasteiger partial charge < -0.3 is 0 Å². The number of nitrogens with zero attached hydrogens (tertiary/aromatic N) is 2. The minimum atomic E-state index is -0.554. The van der Waals surface area contributed by atoms with Crippen LogP contribution in [0, 0.1) is 17.3 Å². The second kappa shape index (κ2) is 9.71. The highest BCUT2D eigenvalue weighted by atomic mass is 32.2. The van der Waals surface area contributed by atoms with Crippen LogP contribution in [0.4, 0.5) is 4.39 Å². The van der Waals surface area contributed by atoms with Gasteiger partial charge in [-0.1, -0.05) is 66.0 Å². The maximum absolute atomic E-state index is 13.5. The molecule has 0 aliphatic carbocycles. The van der Waals surface area contributed by atoms with Crippen LogP contribution in [0.3, 0.4) is 0 Å². The standard InChI is InChI=1S/C18H13FN2OS2/c19-16-9-5-4-8-15(16)17(22)10-11-23-18(21-13-20)24-12-14-6-2-1-3-7-14/h1-11H,12H2. The number of hydrogen-bond donors (Lipinski definition) is 0. The summed E-state index contributed by atoms with van der Waals surface area (Å²) in [7, 11) is 0. The van der Waals surface area contributed by atoms with Crippen LogP contribution in [-0.2, 0) is 5.75 Å². The van der Waals surface area contributed by atoms with E-state index in [9.17, 15) is 9.18 Å². The molecule has 0 radical (unpaired) electrons. The molecule has 2 aromatic carbocycles. The second-order valence-electron chi connectivity index (χ2n) is 4.52. The summed E-state index contributed by atoms with van der Waals surface area (Å²) in [4.78, 5) is 15.7. The molecule has 0 aromatic heterocycles. The lowest BCUT2D eigenvalue weighted by atomic mass is 10.1. The molecule has 0 saturated carbocycles. The Morgan fingerprint density at radius 1 is 1.17 bits per heavy atom. The quantitative estimate of drug-likeness (QED) is 0.248. The average molecular weight is 356 g/mol. The van der Waals surface area contributed by atoms with E-state index in [0.717, 1.165) is 17.3 Å². The fraction of sp³-hybridized carbons (Fsp3) is 0.0556. The molecule has 0 spiro atoms. The Bertz CT molecular complexity index is 798. The van der Waals surface area contributed by atoms with Gasteiger partial charge in [-0.05, 0) is 29.2 Å². The number of thioether (sulfide) groups is 2. The number of carbonyl (C=O) groups excluding carboxylic acids is 1. The van der Waals surface area contributed by atoms with E-state index in [2.05, 4.69) is 4.99 Å². The molecular formula is C18H13FN2OS2. The van der Waals surface area contributed by atoms with E-state index in [1.54, 1.807) is 12.3 Å². The van der Waals surface area contributed by atoms with Crippen molar-refractivity contribution in [2.24, 2.45) is 4.99 Å². The number of ketones is 1. The number of hydrogen-bond acceptors (Lipinski definition) is 5. The van der Waals surface area contributed by atoms with Crippen molar-refractivity contribution in [3.63, 3.8) is 0 Å². The van der Waals surface area contributed by atoms with Gasteiger partial charge >= 0.3 is 0 Å². The Kier molecular flexibility index (Phi) is 7.27. The highest BCUT2D eigenvalue weighted by molar-refractivity contribution is 8.39. The maximum Gasteiger partial charge on any atom is 0.207 e. The van der Waals surface area contributed by atoms with Crippen molar-refractivity contribution in [3.8, 4) is 6.19 Å². The number of rotatable bonds is 5. The van der Waals surface area contributed by atoms with Crippen molar-refractivity contribution in [1.82, 2.24) is 0 Å². The molecule has 0 bridgehead atoms. The van der Waals surface area contributed by atoms with Crippen molar-refractivity contribution in [1.29, 1.82) is 5.26 Å². The van der Waals surface area contributed by atoms with Gasteiger partial charge in [-0.15, -0.1) is 0 Å². The van der Waals surface area contributed by atoms with Gasteiger partial charge in [-0.25, -0.2) is 4.39 Å². The van der Waals surface area contributed by atoms with E-state index in [0.29, 0.717) is 10.1 Å². The molecule has 0 amide bonds. The molecular weight excluding hydrogens is 343 g/mol. The third-order valence-corrected chi connectivity index (χ3v) is 4.90. The number of nitriles is 1. The number of halogens is 1. The van der Waals surface area contributed by atoms with Crippen molar-refractivity contribution >= 4 is 33.7 Å². The van der Waals surface area contributed by atoms with E-state index in [1.165, 1.54) is 41.4 Å². The minimum Gasteiger partial charge on any atom is -0.289 e. The lowest BCUT2D eigenvalue weighted by Gasteiger charge is -2.01. The predicted octanol–water partition coefficient (Wildman–Crippen LogP) is 5.03. The van der Waals surface area contributed by atoms with E-state index in [4.69, 9.17) is 5.26 Å². The van der Waals surface area contributed by atoms with Crippen LogP contribution in [0.25, 0.3) is 0 Å². The summed E-state index contributed by atoms with van der Waals surface area (Å²) in [6, 6.07) is 15.6. The summed E-state index contributed by atoms with van der Waals surface area (Å²) >= 11 is 2.56. The Balaban J connectivity index is 1.94. The molecule has 0 atom stereocenters. The van der Waals surface area contributed by atoms with Crippen LogP contribution in [0.1, 0.15) is 15.9 Å². The maximum atomic E-state index is 13.5. The molecule has 0 N–H and O–H groups in total. The number of allylic oxidation sites excluding steroid dienone is 1. The Hall–Kier alpha value is -2.36. The Labute approximate surface area is 148 Å². The Morgan fingerprint density at radius 3 is 2.58 bits per heavy atom. The first-order valence-corrected chi connectivity index (χ1v) is 8.83. The number of benzene rings is 2. The van der Waals surface area contributed by atoms with Crippen LogP contribution in [0.2, 0.25) is 0 Å². The summed E-state index contributed by atoms with van der Waals surface area (Å²) in [6.45, 7) is 0. The topological polar surface area (TPSA) is 53.2 Å². The molecule has 6 heteroatoms. The van der Waals surface area contributed by atoms with Gasteiger partial charge in [0.15, 0.2) is 5.78 Å². The molecule has 0 saturated heterocycles. The van der Waals surface area contributed by atoms with Gasteiger partial charge in [0.05, 0.1) is 5.56 Å². The van der Waals surface area contributed by atoms with Gasteiger partial charge in [0.25, 0.3) is 0 Å². The molecule has 2 rings (SSSR count). The van der Waals surface area contributed by atoms with Crippen molar-refractivity contribution < 1.29 is 9.18 Å².